The third-order valence-electron chi connectivity index (χ3n) is 2.95. The van der Waals surface area contributed by atoms with Gasteiger partial charge in [0, 0.05) is 11.8 Å². The fraction of sp³-hybridized carbons (Fsp3) is 0.545. The van der Waals surface area contributed by atoms with E-state index in [1.807, 2.05) is 0 Å². The number of nitrogen functional groups attached to an aromatic ring is 1. The first-order valence-electron chi connectivity index (χ1n) is 5.33. The fourth-order valence-electron chi connectivity index (χ4n) is 2.10. The fourth-order valence-corrected chi connectivity index (χ4v) is 2.10. The number of hydrogen-bond acceptors (Lipinski definition) is 3. The molecule has 0 spiro atoms. The highest BCUT2D eigenvalue weighted by Crippen LogP contribution is 2.37. The Kier molecular flexibility index (Phi) is 2.86. The van der Waals surface area contributed by atoms with Crippen LogP contribution in [0.15, 0.2) is 18.3 Å². The Hall–Kier alpha value is -1.16. The largest absolute Gasteiger partial charge is 0.383 e. The summed E-state index contributed by atoms with van der Waals surface area (Å²) in [7, 11) is 0. The number of alkyl halides is 1. The van der Waals surface area contributed by atoms with Gasteiger partial charge in [-0.2, -0.15) is 0 Å². The summed E-state index contributed by atoms with van der Waals surface area (Å²) < 4.78 is 14.7. The van der Waals surface area contributed by atoms with Gasteiger partial charge in [-0.05, 0) is 38.4 Å². The van der Waals surface area contributed by atoms with Gasteiger partial charge in [-0.3, -0.25) is 0 Å². The summed E-state index contributed by atoms with van der Waals surface area (Å²) in [6.45, 7) is 1.58. The number of hydrogen-bond donors (Lipinski definition) is 2. The maximum absolute atomic E-state index is 14.7. The Morgan fingerprint density at radius 1 is 1.40 bits per heavy atom. The molecule has 1 fully saturated rings. The molecule has 15 heavy (non-hydrogen) atoms. The summed E-state index contributed by atoms with van der Waals surface area (Å²) >= 11 is 0. The van der Waals surface area contributed by atoms with E-state index in [0.29, 0.717) is 30.8 Å². The van der Waals surface area contributed by atoms with Crippen molar-refractivity contribution in [2.75, 3.05) is 18.8 Å². The second-order valence-electron chi connectivity index (χ2n) is 4.01. The minimum Gasteiger partial charge on any atom is -0.383 e. The van der Waals surface area contributed by atoms with Gasteiger partial charge in [0.05, 0.1) is 0 Å². The highest BCUT2D eigenvalue weighted by molar-refractivity contribution is 5.43. The third-order valence-corrected chi connectivity index (χ3v) is 2.95. The van der Waals surface area contributed by atoms with Crippen molar-refractivity contribution < 1.29 is 4.39 Å². The van der Waals surface area contributed by atoms with Crippen LogP contribution >= 0.6 is 0 Å². The average Bonchev–Trinajstić information content (AvgIpc) is 2.44. The summed E-state index contributed by atoms with van der Waals surface area (Å²) in [5.41, 5.74) is 4.96. The molecule has 1 aromatic rings. The van der Waals surface area contributed by atoms with Crippen LogP contribution in [0.4, 0.5) is 10.2 Å². The molecule has 0 aliphatic carbocycles. The minimum atomic E-state index is -1.30. The van der Waals surface area contributed by atoms with Gasteiger partial charge >= 0.3 is 0 Å². The molecule has 1 aliphatic rings. The monoisotopic (exact) mass is 209 g/mol. The molecule has 82 valence electrons. The quantitative estimate of drug-likeness (QED) is 0.738. The first kappa shape index (κ1) is 10.4. The van der Waals surface area contributed by atoms with Crippen LogP contribution in [0, 0.1) is 0 Å². The van der Waals surface area contributed by atoms with E-state index in [1.54, 1.807) is 18.3 Å². The molecule has 4 heteroatoms. The molecular formula is C11H16FN3. The van der Waals surface area contributed by atoms with Gasteiger partial charge in [-0.1, -0.05) is 6.07 Å². The van der Waals surface area contributed by atoms with E-state index in [0.717, 1.165) is 13.0 Å². The second-order valence-corrected chi connectivity index (χ2v) is 4.01. The van der Waals surface area contributed by atoms with Crippen molar-refractivity contribution in [2.45, 2.75) is 24.9 Å². The molecule has 0 saturated carbocycles. The lowest BCUT2D eigenvalue weighted by molar-refractivity contribution is 0.145. The van der Waals surface area contributed by atoms with Crippen molar-refractivity contribution in [1.82, 2.24) is 10.3 Å². The van der Waals surface area contributed by atoms with E-state index >= 15 is 0 Å². The standard InChI is InChI=1S/C11H16FN3/c12-11(4-2-6-14-8-5-11)9-3-1-7-15-10(9)13/h1,3,7,14H,2,4-6,8H2,(H2,13,15). The maximum Gasteiger partial charge on any atom is 0.140 e. The zero-order valence-corrected chi connectivity index (χ0v) is 8.67. The number of aromatic nitrogens is 1. The first-order chi connectivity index (χ1) is 7.22. The zero-order valence-electron chi connectivity index (χ0n) is 8.67. The Bertz CT molecular complexity index is 332. The maximum atomic E-state index is 14.7. The van der Waals surface area contributed by atoms with Gasteiger partial charge in [0.15, 0.2) is 0 Å². The Morgan fingerprint density at radius 2 is 2.27 bits per heavy atom. The number of pyridine rings is 1. The van der Waals surface area contributed by atoms with Gasteiger partial charge in [-0.25, -0.2) is 9.37 Å². The molecule has 1 aromatic heterocycles. The molecule has 0 aromatic carbocycles. The molecule has 0 radical (unpaired) electrons. The van der Waals surface area contributed by atoms with Crippen molar-refractivity contribution in [3.8, 4) is 0 Å². The predicted molar refractivity (Wildman–Crippen MR) is 58.2 cm³/mol. The molecule has 1 unspecified atom stereocenters. The van der Waals surface area contributed by atoms with Crippen LogP contribution in [-0.2, 0) is 5.67 Å². The van der Waals surface area contributed by atoms with Crippen molar-refractivity contribution in [3.05, 3.63) is 23.9 Å². The van der Waals surface area contributed by atoms with Crippen LogP contribution in [0.2, 0.25) is 0 Å². The summed E-state index contributed by atoms with van der Waals surface area (Å²) in [6, 6.07) is 3.49. The van der Waals surface area contributed by atoms with Gasteiger partial charge < -0.3 is 11.1 Å². The van der Waals surface area contributed by atoms with Crippen LogP contribution in [-0.4, -0.2) is 18.1 Å². The molecule has 3 N–H and O–H groups in total. The van der Waals surface area contributed by atoms with Crippen LogP contribution in [0.5, 0.6) is 0 Å². The number of rotatable bonds is 1. The average molecular weight is 209 g/mol. The number of nitrogens with one attached hydrogen (secondary N) is 1. The smallest absolute Gasteiger partial charge is 0.140 e. The molecule has 1 atom stereocenters. The van der Waals surface area contributed by atoms with Gasteiger partial charge in [0.25, 0.3) is 0 Å². The normalized spacial score (nSPS) is 27.3. The van der Waals surface area contributed by atoms with E-state index in [4.69, 9.17) is 5.73 Å². The molecule has 1 saturated heterocycles. The van der Waals surface area contributed by atoms with Crippen LogP contribution in [0.25, 0.3) is 0 Å². The van der Waals surface area contributed by atoms with Gasteiger partial charge in [0.2, 0.25) is 0 Å². The lowest BCUT2D eigenvalue weighted by atomic mass is 9.89. The van der Waals surface area contributed by atoms with Crippen molar-refractivity contribution in [1.29, 1.82) is 0 Å². The van der Waals surface area contributed by atoms with Gasteiger partial charge in [0.1, 0.15) is 11.5 Å². The second kappa shape index (κ2) is 4.14. The van der Waals surface area contributed by atoms with E-state index < -0.39 is 5.67 Å². The molecular weight excluding hydrogens is 193 g/mol. The molecule has 2 heterocycles. The van der Waals surface area contributed by atoms with E-state index in [-0.39, 0.29) is 0 Å². The Morgan fingerprint density at radius 3 is 3.07 bits per heavy atom. The zero-order chi connectivity index (χ0) is 10.7. The van der Waals surface area contributed by atoms with Crippen molar-refractivity contribution in [3.63, 3.8) is 0 Å². The first-order valence-corrected chi connectivity index (χ1v) is 5.33. The highest BCUT2D eigenvalue weighted by atomic mass is 19.1. The van der Waals surface area contributed by atoms with Crippen molar-refractivity contribution in [2.24, 2.45) is 0 Å². The highest BCUT2D eigenvalue weighted by Gasteiger charge is 2.34. The lowest BCUT2D eigenvalue weighted by Crippen LogP contribution is -2.24. The third kappa shape index (κ3) is 2.09. The van der Waals surface area contributed by atoms with Gasteiger partial charge in [-0.15, -0.1) is 0 Å². The summed E-state index contributed by atoms with van der Waals surface area (Å²) in [6.07, 6.45) is 3.43. The SMILES string of the molecule is Nc1ncccc1C1(F)CCCNCC1. The predicted octanol–water partition coefficient (Wildman–Crippen LogP) is 1.60. The van der Waals surface area contributed by atoms with Crippen LogP contribution < -0.4 is 11.1 Å². The number of nitrogens with two attached hydrogens (primary N) is 1. The number of halogens is 1. The molecule has 0 bridgehead atoms. The Labute approximate surface area is 88.9 Å². The summed E-state index contributed by atoms with van der Waals surface area (Å²) in [4.78, 5) is 3.95. The van der Waals surface area contributed by atoms with E-state index in [9.17, 15) is 4.39 Å². The minimum absolute atomic E-state index is 0.321. The van der Waals surface area contributed by atoms with Crippen LogP contribution in [0.1, 0.15) is 24.8 Å². The molecule has 2 rings (SSSR count). The lowest BCUT2D eigenvalue weighted by Gasteiger charge is -2.24. The summed E-state index contributed by atoms with van der Waals surface area (Å²) in [5.74, 6) is 0.321. The van der Waals surface area contributed by atoms with Crippen LogP contribution in [0.3, 0.4) is 0 Å². The molecule has 3 nitrogen and oxygen atoms in total. The van der Waals surface area contributed by atoms with E-state index in [1.165, 1.54) is 0 Å². The Balaban J connectivity index is 2.30. The number of anilines is 1. The molecule has 1 aliphatic heterocycles. The molecule has 0 amide bonds. The summed E-state index contributed by atoms with van der Waals surface area (Å²) in [5, 5.41) is 3.19. The number of nitrogens with zero attached hydrogens (tertiary/aromatic N) is 1. The van der Waals surface area contributed by atoms with E-state index in [2.05, 4.69) is 10.3 Å². The topological polar surface area (TPSA) is 50.9 Å². The van der Waals surface area contributed by atoms with Crippen molar-refractivity contribution >= 4 is 5.82 Å².